The van der Waals surface area contributed by atoms with Gasteiger partial charge in [-0.3, -0.25) is 0 Å². The van der Waals surface area contributed by atoms with Crippen LogP contribution in [0.3, 0.4) is 0 Å². The largest absolute Gasteiger partial charge is 0.496 e. The van der Waals surface area contributed by atoms with Crippen molar-refractivity contribution in [1.82, 2.24) is 0 Å². The van der Waals surface area contributed by atoms with Crippen LogP contribution in [0.15, 0.2) is 39.3 Å². The molecule has 0 atom stereocenters. The standard InChI is InChI=1S/C15H11Br2NO2/c1-9-3-4-10(8-18)13(5-9)20-15-7-11(16)14(19-2)6-12(15)17/h3-7H,1-2H3. The quantitative estimate of drug-likeness (QED) is 0.716. The van der Waals surface area contributed by atoms with Gasteiger partial charge in [-0.15, -0.1) is 0 Å². The lowest BCUT2D eigenvalue weighted by Crippen LogP contribution is -1.92. The Morgan fingerprint density at radius 2 is 1.65 bits per heavy atom. The van der Waals surface area contributed by atoms with E-state index in [1.165, 1.54) is 0 Å². The summed E-state index contributed by atoms with van der Waals surface area (Å²) in [5, 5.41) is 9.12. The van der Waals surface area contributed by atoms with Gasteiger partial charge in [0.05, 0.1) is 21.6 Å². The summed E-state index contributed by atoms with van der Waals surface area (Å²) in [6, 6.07) is 11.2. The van der Waals surface area contributed by atoms with E-state index in [-0.39, 0.29) is 0 Å². The van der Waals surface area contributed by atoms with Crippen LogP contribution in [-0.2, 0) is 0 Å². The average Bonchev–Trinajstić information content (AvgIpc) is 2.42. The van der Waals surface area contributed by atoms with Crippen molar-refractivity contribution in [2.45, 2.75) is 6.92 Å². The highest BCUT2D eigenvalue weighted by molar-refractivity contribution is 9.11. The normalized spacial score (nSPS) is 9.95. The number of halogens is 2. The first kappa shape index (κ1) is 14.9. The van der Waals surface area contributed by atoms with E-state index in [4.69, 9.17) is 14.7 Å². The van der Waals surface area contributed by atoms with Gasteiger partial charge in [-0.1, -0.05) is 6.07 Å². The minimum absolute atomic E-state index is 0.495. The molecule has 0 aromatic heterocycles. The van der Waals surface area contributed by atoms with Crippen LogP contribution in [0.25, 0.3) is 0 Å². The molecule has 0 bridgehead atoms. The lowest BCUT2D eigenvalue weighted by Gasteiger charge is -2.12. The summed E-state index contributed by atoms with van der Waals surface area (Å²) in [7, 11) is 1.60. The summed E-state index contributed by atoms with van der Waals surface area (Å²) in [6.07, 6.45) is 0. The number of ether oxygens (including phenoxy) is 2. The zero-order chi connectivity index (χ0) is 14.7. The van der Waals surface area contributed by atoms with E-state index in [9.17, 15) is 0 Å². The maximum Gasteiger partial charge on any atom is 0.145 e. The van der Waals surface area contributed by atoms with Crippen molar-refractivity contribution in [3.8, 4) is 23.3 Å². The summed E-state index contributed by atoms with van der Waals surface area (Å²) >= 11 is 6.85. The highest BCUT2D eigenvalue weighted by atomic mass is 79.9. The molecule has 0 spiro atoms. The van der Waals surface area contributed by atoms with E-state index in [0.29, 0.717) is 22.8 Å². The van der Waals surface area contributed by atoms with Crippen LogP contribution in [0.2, 0.25) is 0 Å². The van der Waals surface area contributed by atoms with E-state index in [2.05, 4.69) is 37.9 Å². The summed E-state index contributed by atoms with van der Waals surface area (Å²) < 4.78 is 12.6. The molecule has 0 saturated carbocycles. The molecule has 102 valence electrons. The first-order chi connectivity index (χ1) is 9.55. The van der Waals surface area contributed by atoms with Crippen LogP contribution < -0.4 is 9.47 Å². The molecule has 0 heterocycles. The molecule has 0 fully saturated rings. The number of benzene rings is 2. The van der Waals surface area contributed by atoms with Crippen LogP contribution in [0.4, 0.5) is 0 Å². The number of methoxy groups -OCH3 is 1. The molecule has 0 aliphatic rings. The van der Waals surface area contributed by atoms with Crippen molar-refractivity contribution in [3.05, 3.63) is 50.4 Å². The first-order valence-corrected chi connectivity index (χ1v) is 7.35. The van der Waals surface area contributed by atoms with E-state index in [0.717, 1.165) is 14.5 Å². The number of rotatable bonds is 3. The van der Waals surface area contributed by atoms with Crippen LogP contribution in [0, 0.1) is 18.3 Å². The molecule has 2 aromatic rings. The number of nitriles is 1. The fourth-order valence-corrected chi connectivity index (χ4v) is 2.56. The lowest BCUT2D eigenvalue weighted by molar-refractivity contribution is 0.409. The van der Waals surface area contributed by atoms with Crippen molar-refractivity contribution < 1.29 is 9.47 Å². The van der Waals surface area contributed by atoms with Crippen molar-refractivity contribution in [2.24, 2.45) is 0 Å². The lowest BCUT2D eigenvalue weighted by atomic mass is 10.1. The second kappa shape index (κ2) is 6.29. The Labute approximate surface area is 134 Å². The summed E-state index contributed by atoms with van der Waals surface area (Å²) in [5.74, 6) is 1.85. The number of nitrogens with zero attached hydrogens (tertiary/aromatic N) is 1. The van der Waals surface area contributed by atoms with E-state index in [1.807, 2.05) is 19.1 Å². The number of hydrogen-bond donors (Lipinski definition) is 0. The van der Waals surface area contributed by atoms with Crippen molar-refractivity contribution in [3.63, 3.8) is 0 Å². The molecule has 5 heteroatoms. The third-order valence-corrected chi connectivity index (χ3v) is 3.92. The molecular weight excluding hydrogens is 386 g/mol. The monoisotopic (exact) mass is 395 g/mol. The molecule has 0 aliphatic carbocycles. The van der Waals surface area contributed by atoms with Gasteiger partial charge in [0.1, 0.15) is 23.3 Å². The summed E-state index contributed by atoms with van der Waals surface area (Å²) in [4.78, 5) is 0. The predicted octanol–water partition coefficient (Wildman–Crippen LogP) is 5.19. The van der Waals surface area contributed by atoms with E-state index in [1.54, 1.807) is 25.3 Å². The van der Waals surface area contributed by atoms with Gasteiger partial charge < -0.3 is 9.47 Å². The van der Waals surface area contributed by atoms with Gasteiger partial charge in [0.2, 0.25) is 0 Å². The van der Waals surface area contributed by atoms with Crippen LogP contribution in [0.5, 0.6) is 17.2 Å². The Morgan fingerprint density at radius 1 is 1.00 bits per heavy atom. The second-order valence-corrected chi connectivity index (χ2v) is 5.84. The Bertz CT molecular complexity index is 693. The van der Waals surface area contributed by atoms with Crippen molar-refractivity contribution in [2.75, 3.05) is 7.11 Å². The van der Waals surface area contributed by atoms with Crippen LogP contribution in [0.1, 0.15) is 11.1 Å². The first-order valence-electron chi connectivity index (χ1n) is 5.76. The Balaban J connectivity index is 2.43. The fraction of sp³-hybridized carbons (Fsp3) is 0.133. The van der Waals surface area contributed by atoms with Crippen LogP contribution >= 0.6 is 31.9 Å². The zero-order valence-electron chi connectivity index (χ0n) is 10.9. The van der Waals surface area contributed by atoms with E-state index >= 15 is 0 Å². The molecule has 3 nitrogen and oxygen atoms in total. The fourth-order valence-electron chi connectivity index (χ4n) is 1.67. The SMILES string of the molecule is COc1cc(Br)c(Oc2cc(C)ccc2C#N)cc1Br. The molecule has 0 amide bonds. The minimum atomic E-state index is 0.495. The van der Waals surface area contributed by atoms with Gasteiger partial charge in [-0.2, -0.15) is 5.26 Å². The van der Waals surface area contributed by atoms with Gasteiger partial charge >= 0.3 is 0 Å². The Morgan fingerprint density at radius 3 is 2.30 bits per heavy atom. The number of aryl methyl sites for hydroxylation is 1. The topological polar surface area (TPSA) is 42.2 Å². The Hall–Kier alpha value is -1.51. The molecule has 0 unspecified atom stereocenters. The minimum Gasteiger partial charge on any atom is -0.496 e. The van der Waals surface area contributed by atoms with E-state index < -0.39 is 0 Å². The van der Waals surface area contributed by atoms with Crippen molar-refractivity contribution >= 4 is 31.9 Å². The second-order valence-electron chi connectivity index (χ2n) is 4.13. The third-order valence-electron chi connectivity index (χ3n) is 2.68. The smallest absolute Gasteiger partial charge is 0.145 e. The molecule has 0 radical (unpaired) electrons. The third kappa shape index (κ3) is 3.14. The maximum atomic E-state index is 9.12. The molecule has 20 heavy (non-hydrogen) atoms. The number of hydrogen-bond acceptors (Lipinski definition) is 3. The van der Waals surface area contributed by atoms with Gasteiger partial charge in [0.15, 0.2) is 0 Å². The van der Waals surface area contributed by atoms with Gasteiger partial charge in [0, 0.05) is 0 Å². The highest BCUT2D eigenvalue weighted by Crippen LogP contribution is 2.38. The molecule has 0 aliphatic heterocycles. The summed E-state index contributed by atoms with van der Waals surface area (Å²) in [5.41, 5.74) is 1.53. The van der Waals surface area contributed by atoms with Crippen molar-refractivity contribution in [1.29, 1.82) is 5.26 Å². The molecule has 0 N–H and O–H groups in total. The zero-order valence-corrected chi connectivity index (χ0v) is 14.1. The van der Waals surface area contributed by atoms with Gasteiger partial charge in [-0.25, -0.2) is 0 Å². The van der Waals surface area contributed by atoms with Gasteiger partial charge in [0.25, 0.3) is 0 Å². The summed E-state index contributed by atoms with van der Waals surface area (Å²) in [6.45, 7) is 1.95. The molecule has 2 aromatic carbocycles. The molecule has 2 rings (SSSR count). The average molecular weight is 397 g/mol. The highest BCUT2D eigenvalue weighted by Gasteiger charge is 2.11. The molecular formula is C15H11Br2NO2. The molecule has 0 saturated heterocycles. The van der Waals surface area contributed by atoms with Crippen LogP contribution in [-0.4, -0.2) is 7.11 Å². The Kier molecular flexibility index (Phi) is 4.69. The maximum absolute atomic E-state index is 9.12. The predicted molar refractivity (Wildman–Crippen MR) is 84.4 cm³/mol. The van der Waals surface area contributed by atoms with Gasteiger partial charge in [-0.05, 0) is 68.6 Å².